The highest BCUT2D eigenvalue weighted by molar-refractivity contribution is 6.32. The van der Waals surface area contributed by atoms with Gasteiger partial charge in [0.05, 0.1) is 12.1 Å². The third kappa shape index (κ3) is 3.86. The SMILES string of the molecule is COc1ccc(COc2ccc([C@@H](C)N)cc2Cl)c(F)c1. The molecule has 0 heterocycles. The molecule has 3 nitrogen and oxygen atoms in total. The Kier molecular flexibility index (Phi) is 5.04. The summed E-state index contributed by atoms with van der Waals surface area (Å²) in [7, 11) is 1.49. The van der Waals surface area contributed by atoms with Gasteiger partial charge < -0.3 is 15.2 Å². The van der Waals surface area contributed by atoms with E-state index in [1.165, 1.54) is 13.2 Å². The second kappa shape index (κ2) is 6.78. The molecule has 21 heavy (non-hydrogen) atoms. The first-order valence-electron chi connectivity index (χ1n) is 6.51. The molecule has 0 aliphatic rings. The van der Waals surface area contributed by atoms with Gasteiger partial charge in [-0.3, -0.25) is 0 Å². The minimum Gasteiger partial charge on any atom is -0.497 e. The van der Waals surface area contributed by atoms with Crippen LogP contribution in [0.1, 0.15) is 24.1 Å². The third-order valence-corrected chi connectivity index (χ3v) is 3.42. The van der Waals surface area contributed by atoms with Gasteiger partial charge in [0.2, 0.25) is 0 Å². The third-order valence-electron chi connectivity index (χ3n) is 3.13. The molecule has 0 bridgehead atoms. The minimum atomic E-state index is -0.377. The van der Waals surface area contributed by atoms with Crippen molar-refractivity contribution in [3.8, 4) is 11.5 Å². The zero-order valence-corrected chi connectivity index (χ0v) is 12.7. The minimum absolute atomic E-state index is 0.0904. The maximum atomic E-state index is 13.8. The highest BCUT2D eigenvalue weighted by Gasteiger charge is 2.09. The number of hydrogen-bond donors (Lipinski definition) is 1. The maximum Gasteiger partial charge on any atom is 0.138 e. The summed E-state index contributed by atoms with van der Waals surface area (Å²) >= 11 is 6.13. The average molecular weight is 310 g/mol. The van der Waals surface area contributed by atoms with Crippen LogP contribution in [0.4, 0.5) is 4.39 Å². The molecule has 0 spiro atoms. The summed E-state index contributed by atoms with van der Waals surface area (Å²) in [5, 5.41) is 0.457. The van der Waals surface area contributed by atoms with Gasteiger partial charge in [0.25, 0.3) is 0 Å². The van der Waals surface area contributed by atoms with Crippen molar-refractivity contribution in [2.24, 2.45) is 5.73 Å². The molecule has 0 fully saturated rings. The van der Waals surface area contributed by atoms with Crippen LogP contribution in [0.2, 0.25) is 5.02 Å². The van der Waals surface area contributed by atoms with Crippen molar-refractivity contribution in [1.29, 1.82) is 0 Å². The number of nitrogens with two attached hydrogens (primary N) is 1. The van der Waals surface area contributed by atoms with Crippen LogP contribution in [0.15, 0.2) is 36.4 Å². The summed E-state index contributed by atoms with van der Waals surface area (Å²) in [5.41, 5.74) is 7.14. The van der Waals surface area contributed by atoms with Crippen molar-refractivity contribution >= 4 is 11.6 Å². The van der Waals surface area contributed by atoms with Gasteiger partial charge in [-0.1, -0.05) is 17.7 Å². The number of ether oxygens (including phenoxy) is 2. The van der Waals surface area contributed by atoms with Crippen molar-refractivity contribution in [3.05, 3.63) is 58.4 Å². The second-order valence-electron chi connectivity index (χ2n) is 4.72. The van der Waals surface area contributed by atoms with Gasteiger partial charge in [-0.15, -0.1) is 0 Å². The van der Waals surface area contributed by atoms with Crippen LogP contribution in [0.25, 0.3) is 0 Å². The molecule has 1 atom stereocenters. The lowest BCUT2D eigenvalue weighted by molar-refractivity contribution is 0.299. The molecule has 2 N–H and O–H groups in total. The molecule has 0 aliphatic heterocycles. The number of rotatable bonds is 5. The van der Waals surface area contributed by atoms with E-state index < -0.39 is 0 Å². The lowest BCUT2D eigenvalue weighted by Gasteiger charge is -2.12. The summed E-state index contributed by atoms with van der Waals surface area (Å²) in [5.74, 6) is 0.588. The van der Waals surface area contributed by atoms with Crippen molar-refractivity contribution < 1.29 is 13.9 Å². The Morgan fingerprint density at radius 3 is 2.57 bits per heavy atom. The monoisotopic (exact) mass is 309 g/mol. The molecule has 112 valence electrons. The lowest BCUT2D eigenvalue weighted by atomic mass is 10.1. The molecule has 0 aliphatic carbocycles. The average Bonchev–Trinajstić information content (AvgIpc) is 2.46. The van der Waals surface area contributed by atoms with E-state index in [2.05, 4.69) is 0 Å². The Morgan fingerprint density at radius 2 is 2.00 bits per heavy atom. The topological polar surface area (TPSA) is 44.5 Å². The Balaban J connectivity index is 2.09. The van der Waals surface area contributed by atoms with Crippen molar-refractivity contribution in [2.45, 2.75) is 19.6 Å². The molecule has 0 unspecified atom stereocenters. The summed E-state index contributed by atoms with van der Waals surface area (Å²) < 4.78 is 24.3. The molecule has 0 radical (unpaired) electrons. The van der Waals surface area contributed by atoms with E-state index in [-0.39, 0.29) is 18.5 Å². The summed E-state index contributed by atoms with van der Waals surface area (Å²) in [6.45, 7) is 1.96. The molecule has 0 aromatic heterocycles. The van der Waals surface area contributed by atoms with E-state index in [1.807, 2.05) is 13.0 Å². The van der Waals surface area contributed by atoms with Crippen LogP contribution in [0.5, 0.6) is 11.5 Å². The summed E-state index contributed by atoms with van der Waals surface area (Å²) in [4.78, 5) is 0. The smallest absolute Gasteiger partial charge is 0.138 e. The molecule has 2 rings (SSSR count). The Bertz CT molecular complexity index is 632. The maximum absolute atomic E-state index is 13.8. The van der Waals surface area contributed by atoms with Crippen LogP contribution in [-0.4, -0.2) is 7.11 Å². The molecule has 0 amide bonds. The van der Waals surface area contributed by atoms with Gasteiger partial charge >= 0.3 is 0 Å². The zero-order valence-electron chi connectivity index (χ0n) is 11.9. The molecule has 2 aromatic rings. The van der Waals surface area contributed by atoms with Gasteiger partial charge in [-0.05, 0) is 36.8 Å². The number of hydrogen-bond acceptors (Lipinski definition) is 3. The predicted molar refractivity (Wildman–Crippen MR) is 81.3 cm³/mol. The fourth-order valence-electron chi connectivity index (χ4n) is 1.84. The molecule has 5 heteroatoms. The second-order valence-corrected chi connectivity index (χ2v) is 5.13. The highest BCUT2D eigenvalue weighted by Crippen LogP contribution is 2.28. The van der Waals surface area contributed by atoms with Crippen molar-refractivity contribution in [3.63, 3.8) is 0 Å². The first-order chi connectivity index (χ1) is 10.0. The van der Waals surface area contributed by atoms with Crippen LogP contribution >= 0.6 is 11.6 Å². The first kappa shape index (κ1) is 15.6. The normalized spacial score (nSPS) is 12.0. The van der Waals surface area contributed by atoms with E-state index in [9.17, 15) is 4.39 Å². The Labute approximate surface area is 128 Å². The number of benzene rings is 2. The standard InChI is InChI=1S/C16H17ClFNO2/c1-10(19)11-4-6-16(14(17)7-11)21-9-12-3-5-13(20-2)8-15(12)18/h3-8,10H,9,19H2,1-2H3/t10-/m1/s1. The molecular formula is C16H17ClFNO2. The fourth-order valence-corrected chi connectivity index (χ4v) is 2.09. The van der Waals surface area contributed by atoms with Gasteiger partial charge in [-0.2, -0.15) is 0 Å². The number of halogens is 2. The predicted octanol–water partition coefficient (Wildman–Crippen LogP) is 4.09. The van der Waals surface area contributed by atoms with Gasteiger partial charge in [0, 0.05) is 17.7 Å². The molecule has 0 saturated carbocycles. The van der Waals surface area contributed by atoms with Crippen LogP contribution in [0.3, 0.4) is 0 Å². The van der Waals surface area contributed by atoms with E-state index in [1.54, 1.807) is 24.3 Å². The van der Waals surface area contributed by atoms with E-state index >= 15 is 0 Å². The van der Waals surface area contributed by atoms with Gasteiger partial charge in [0.1, 0.15) is 23.9 Å². The Hall–Kier alpha value is -1.78. The van der Waals surface area contributed by atoms with E-state index in [4.69, 9.17) is 26.8 Å². The largest absolute Gasteiger partial charge is 0.497 e. The molecular weight excluding hydrogens is 293 g/mol. The first-order valence-corrected chi connectivity index (χ1v) is 6.89. The molecule has 2 aromatic carbocycles. The highest BCUT2D eigenvalue weighted by atomic mass is 35.5. The van der Waals surface area contributed by atoms with Crippen molar-refractivity contribution in [1.82, 2.24) is 0 Å². The van der Waals surface area contributed by atoms with Crippen LogP contribution < -0.4 is 15.2 Å². The van der Waals surface area contributed by atoms with E-state index in [0.717, 1.165) is 5.56 Å². The summed E-state index contributed by atoms with van der Waals surface area (Å²) in [6.07, 6.45) is 0. The molecule has 0 saturated heterocycles. The zero-order chi connectivity index (χ0) is 15.4. The lowest BCUT2D eigenvalue weighted by Crippen LogP contribution is -2.05. The van der Waals surface area contributed by atoms with Gasteiger partial charge in [-0.25, -0.2) is 4.39 Å². The van der Waals surface area contributed by atoms with Gasteiger partial charge in [0.15, 0.2) is 0 Å². The van der Waals surface area contributed by atoms with E-state index in [0.29, 0.717) is 22.1 Å². The van der Waals surface area contributed by atoms with Crippen LogP contribution in [-0.2, 0) is 6.61 Å². The number of methoxy groups -OCH3 is 1. The fraction of sp³-hybridized carbons (Fsp3) is 0.250. The summed E-state index contributed by atoms with van der Waals surface area (Å²) in [6, 6.07) is 9.86. The quantitative estimate of drug-likeness (QED) is 0.905. The van der Waals surface area contributed by atoms with Crippen LogP contribution in [0, 0.1) is 5.82 Å². The van der Waals surface area contributed by atoms with Crippen molar-refractivity contribution in [2.75, 3.05) is 7.11 Å². The Morgan fingerprint density at radius 1 is 1.24 bits per heavy atom.